The Bertz CT molecular complexity index is 2650. The molecule has 0 bridgehead atoms. The third-order valence-corrected chi connectivity index (χ3v) is 10.5. The smallest absolute Gasteiger partial charge is 0.388 e. The zero-order chi connectivity index (χ0) is 49.1. The first-order chi connectivity index (χ1) is 29.3. The predicted molar refractivity (Wildman–Crippen MR) is 211 cm³/mol. The van der Waals surface area contributed by atoms with E-state index in [1.165, 1.54) is 36.5 Å². The van der Waals surface area contributed by atoms with Crippen molar-refractivity contribution in [1.82, 2.24) is 29.0 Å². The summed E-state index contributed by atoms with van der Waals surface area (Å²) in [6.07, 6.45) is 0.902. The van der Waals surface area contributed by atoms with Gasteiger partial charge in [-0.15, -0.1) is 5.10 Å². The number of benzene rings is 2. The number of sulfonamides is 2. The molecule has 34 heteroatoms. The molecule has 23 nitrogen and oxygen atoms in total. The molecule has 2 atom stereocenters. The highest BCUT2D eigenvalue weighted by Gasteiger charge is 2.26. The molecule has 0 aliphatic rings. The number of aromatic nitrogens is 5. The van der Waals surface area contributed by atoms with Gasteiger partial charge in [0.1, 0.15) is 16.8 Å². The van der Waals surface area contributed by atoms with E-state index in [0.717, 1.165) is 24.5 Å². The number of aromatic carboxylic acids is 1. The number of carbonyl (C=O) groups excluding carboxylic acids is 1. The van der Waals surface area contributed by atoms with E-state index in [1.54, 1.807) is 5.32 Å². The van der Waals surface area contributed by atoms with Crippen LogP contribution in [0.2, 0.25) is 10.0 Å². The molecule has 0 aliphatic carbocycles. The van der Waals surface area contributed by atoms with Crippen LogP contribution in [0.25, 0.3) is 5.69 Å². The Hall–Kier alpha value is -5.72. The molecule has 0 saturated carbocycles. The molecule has 2 aromatic carbocycles. The Balaban J connectivity index is 0.000000365. The molecule has 2 heterocycles. The second-order valence-corrected chi connectivity index (χ2v) is 18.8. The number of aliphatic carboxylic acids is 1. The monoisotopic (exact) mass is 1020 g/mol. The van der Waals surface area contributed by atoms with Crippen LogP contribution in [-0.4, -0.2) is 113 Å². The summed E-state index contributed by atoms with van der Waals surface area (Å²) in [6, 6.07) is 4.50. The number of hydrogen-bond donors (Lipinski definition) is 7. The van der Waals surface area contributed by atoms with Gasteiger partial charge in [-0.2, -0.15) is 41.0 Å². The Labute approximate surface area is 365 Å². The summed E-state index contributed by atoms with van der Waals surface area (Å²) >= 11 is 11.8. The van der Waals surface area contributed by atoms with Gasteiger partial charge in [0, 0.05) is 12.8 Å². The molecule has 8 N–H and O–H groups in total. The fourth-order valence-corrected chi connectivity index (χ4v) is 7.28. The van der Waals surface area contributed by atoms with Crippen LogP contribution in [0.15, 0.2) is 52.2 Å². The van der Waals surface area contributed by atoms with Gasteiger partial charge in [-0.25, -0.2) is 40.5 Å². The van der Waals surface area contributed by atoms with Gasteiger partial charge in [-0.3, -0.25) is 19.4 Å². The number of amides is 2. The van der Waals surface area contributed by atoms with Crippen LogP contribution in [-0.2, 0) is 29.4 Å². The Morgan fingerprint density at radius 2 is 1.48 bits per heavy atom. The maximum Gasteiger partial charge on any atom is 0.388 e. The number of carbonyl (C=O) groups is 3. The maximum atomic E-state index is 12.8. The average molecular weight is 1020 g/mol. The van der Waals surface area contributed by atoms with Crippen molar-refractivity contribution in [3.8, 4) is 17.4 Å². The lowest BCUT2D eigenvalue weighted by molar-refractivity contribution is -0.138. The van der Waals surface area contributed by atoms with Gasteiger partial charge < -0.3 is 30.3 Å². The van der Waals surface area contributed by atoms with Gasteiger partial charge in [-0.05, 0) is 37.6 Å². The van der Waals surface area contributed by atoms with Gasteiger partial charge in [0.2, 0.25) is 27.7 Å². The summed E-state index contributed by atoms with van der Waals surface area (Å²) in [5.74, 6) is -5.82. The van der Waals surface area contributed by atoms with Crippen LogP contribution < -0.4 is 35.7 Å². The fraction of sp³-hybridized carbons (Fsp3) is 0.300. The van der Waals surface area contributed by atoms with Crippen molar-refractivity contribution in [2.45, 2.75) is 44.1 Å². The highest BCUT2D eigenvalue weighted by molar-refractivity contribution is 7.92. The van der Waals surface area contributed by atoms with Gasteiger partial charge in [0.15, 0.2) is 7.37 Å². The fourth-order valence-electron chi connectivity index (χ4n) is 4.28. The van der Waals surface area contributed by atoms with Crippen LogP contribution >= 0.6 is 30.6 Å². The van der Waals surface area contributed by atoms with Gasteiger partial charge in [-0.1, -0.05) is 35.3 Å². The van der Waals surface area contributed by atoms with Gasteiger partial charge in [0.05, 0.1) is 39.3 Å². The van der Waals surface area contributed by atoms with Crippen LogP contribution in [0.5, 0.6) is 11.8 Å². The number of aryl methyl sites for hydroxylation is 1. The van der Waals surface area contributed by atoms with Crippen molar-refractivity contribution in [2.75, 3.05) is 29.1 Å². The lowest BCUT2D eigenvalue weighted by Gasteiger charge is -2.11. The number of ether oxygens (including phenoxy) is 2. The molecular formula is C30H32Cl2F6N9O14PS2. The summed E-state index contributed by atoms with van der Waals surface area (Å²) in [5, 5.41) is 22.6. The van der Waals surface area contributed by atoms with E-state index in [0.29, 0.717) is 10.7 Å². The average Bonchev–Trinajstić information content (AvgIpc) is 3.43. The number of carboxylic acid groups (broad SMARTS) is 2. The normalized spacial score (nSPS) is 12.8. The van der Waals surface area contributed by atoms with E-state index in [2.05, 4.69) is 29.3 Å². The molecule has 0 fully saturated rings. The summed E-state index contributed by atoms with van der Waals surface area (Å²) in [5.41, 5.74) is 3.18. The number of rotatable bonds is 16. The molecule has 4 aromatic rings. The van der Waals surface area contributed by atoms with E-state index in [4.69, 9.17) is 44.0 Å². The van der Waals surface area contributed by atoms with Gasteiger partial charge >= 0.3 is 43.4 Å². The van der Waals surface area contributed by atoms with Crippen LogP contribution in [0.4, 0.5) is 42.8 Å². The highest BCUT2D eigenvalue weighted by Crippen LogP contribution is 2.36. The summed E-state index contributed by atoms with van der Waals surface area (Å²) in [4.78, 5) is 59.8. The summed E-state index contributed by atoms with van der Waals surface area (Å²) < 4.78 is 145. The van der Waals surface area contributed by atoms with Crippen molar-refractivity contribution >= 4 is 80.2 Å². The molecular weight excluding hydrogens is 990 g/mol. The quantitative estimate of drug-likeness (QED) is 0.0616. The molecule has 64 heavy (non-hydrogen) atoms. The SMILES string of the molecule is CP(=O)(O)CCC(N)C(=O)O.Cc1nn(-c2cc(NS(C)(=O)=O)c(Cl)cc2Cl)c(=O)n1C(F)F.O=C(Nc1nc(OC(F)F)cc(OC(F)F)n1)NS(=O)(=O)c1ccccc1C(=O)O. The number of nitrogens with one attached hydrogen (secondary N) is 3. The maximum absolute atomic E-state index is 12.8. The minimum atomic E-state index is -4.71. The number of nitrogens with two attached hydrogens (primary N) is 1. The number of urea groups is 1. The van der Waals surface area contributed by atoms with E-state index in [1.807, 2.05) is 0 Å². The van der Waals surface area contributed by atoms with Crippen LogP contribution in [0.1, 0.15) is 29.2 Å². The molecule has 0 radical (unpaired) electrons. The molecule has 0 saturated heterocycles. The van der Waals surface area contributed by atoms with Crippen molar-refractivity contribution in [3.05, 3.63) is 74.4 Å². The largest absolute Gasteiger partial charge is 0.480 e. The number of halogens is 8. The molecule has 0 aliphatic heterocycles. The molecule has 0 spiro atoms. The summed E-state index contributed by atoms with van der Waals surface area (Å²) in [6.45, 7) is -7.48. The minimum Gasteiger partial charge on any atom is -0.480 e. The Morgan fingerprint density at radius 3 is 1.94 bits per heavy atom. The second-order valence-electron chi connectivity index (χ2n) is 12.0. The third kappa shape index (κ3) is 17.4. The Morgan fingerprint density at radius 1 is 0.938 bits per heavy atom. The van der Waals surface area contributed by atoms with Gasteiger partial charge in [0.25, 0.3) is 10.0 Å². The lowest BCUT2D eigenvalue weighted by Crippen LogP contribution is -2.35. The zero-order valence-corrected chi connectivity index (χ0v) is 36.2. The standard InChI is InChI=1S/C14H10F4N4O7S.C11H10Cl2F2N4O3S.C5H12NO4P/c15-11(16)28-8-5-9(29-12(17)18)20-13(19-8)21-14(25)22-30(26,27)7-4-2-1-3-6(7)10(23)24;1-5-16-19(11(20)18(5)10(14)15)9-4-8(17-23(2,21)22)6(12)3-7(9)13;1-11(9,10)3-2-4(6)5(7)8/h1-5,11-12H,(H,23,24)(H2,19,20,21,22,25);3-4,10,17H,1-2H3;4H,2-3,6H2,1H3,(H,7,8)(H,9,10). The zero-order valence-electron chi connectivity index (χ0n) is 32.2. The predicted octanol–water partition coefficient (Wildman–Crippen LogP) is 3.99. The number of alkyl halides is 6. The first-order valence-electron chi connectivity index (χ1n) is 16.5. The molecule has 4 rings (SSSR count). The van der Waals surface area contributed by atoms with Crippen molar-refractivity contribution < 1.29 is 86.7 Å². The van der Waals surface area contributed by atoms with Crippen molar-refractivity contribution in [3.63, 3.8) is 0 Å². The number of carboxylic acids is 2. The van der Waals surface area contributed by atoms with Crippen LogP contribution in [0, 0.1) is 6.92 Å². The van der Waals surface area contributed by atoms with E-state index >= 15 is 0 Å². The van der Waals surface area contributed by atoms with E-state index in [9.17, 15) is 66.9 Å². The van der Waals surface area contributed by atoms with E-state index < -0.39 is 105 Å². The first kappa shape index (κ1) is 54.4. The number of anilines is 2. The number of hydrogen-bond acceptors (Lipinski definition) is 15. The molecule has 2 unspecified atom stereocenters. The van der Waals surface area contributed by atoms with Crippen molar-refractivity contribution in [1.29, 1.82) is 0 Å². The minimum absolute atomic E-state index is 0.0257. The van der Waals surface area contributed by atoms with Crippen molar-refractivity contribution in [2.24, 2.45) is 5.73 Å². The van der Waals surface area contributed by atoms with Crippen LogP contribution in [0.3, 0.4) is 0 Å². The first-order valence-corrected chi connectivity index (χ1v) is 22.9. The second kappa shape index (κ2) is 22.8. The van der Waals surface area contributed by atoms with E-state index in [-0.39, 0.29) is 44.4 Å². The molecule has 2 amide bonds. The number of nitrogens with zero attached hydrogens (tertiary/aromatic N) is 5. The highest BCUT2D eigenvalue weighted by atomic mass is 35.5. The molecule has 2 aromatic heterocycles. The summed E-state index contributed by atoms with van der Waals surface area (Å²) in [7, 11) is -11.5. The lowest BCUT2D eigenvalue weighted by atomic mass is 10.2. The topological polar surface area (TPSA) is 343 Å². The molecule has 354 valence electrons. The third-order valence-electron chi connectivity index (χ3n) is 6.87. The Kier molecular flexibility index (Phi) is 19.4.